The van der Waals surface area contributed by atoms with E-state index < -0.39 is 17.7 Å². The van der Waals surface area contributed by atoms with Crippen LogP contribution in [0.15, 0.2) is 24.3 Å². The van der Waals surface area contributed by atoms with Crippen molar-refractivity contribution in [3.8, 4) is 0 Å². The SMILES string of the molecule is CCN(CC(=O)NC(C)C)C(=O)CN1C(=O)c2ccccc2C1=O. The topological polar surface area (TPSA) is 86.8 Å². The fraction of sp³-hybridized carbons (Fsp3) is 0.412. The first-order chi connectivity index (χ1) is 11.3. The first kappa shape index (κ1) is 17.7. The van der Waals surface area contributed by atoms with Crippen LogP contribution in [0.4, 0.5) is 0 Å². The van der Waals surface area contributed by atoms with Crippen LogP contribution in [0.1, 0.15) is 41.5 Å². The summed E-state index contributed by atoms with van der Waals surface area (Å²) < 4.78 is 0. The molecule has 0 spiro atoms. The molecule has 128 valence electrons. The van der Waals surface area contributed by atoms with Crippen LogP contribution in [0.3, 0.4) is 0 Å². The van der Waals surface area contributed by atoms with E-state index in [-0.39, 0.29) is 25.0 Å². The Hall–Kier alpha value is -2.70. The summed E-state index contributed by atoms with van der Waals surface area (Å²) in [7, 11) is 0. The number of imide groups is 1. The monoisotopic (exact) mass is 331 g/mol. The number of hydrogen-bond donors (Lipinski definition) is 1. The van der Waals surface area contributed by atoms with E-state index in [2.05, 4.69) is 5.32 Å². The van der Waals surface area contributed by atoms with E-state index in [1.54, 1.807) is 31.2 Å². The molecule has 0 atom stereocenters. The number of hydrogen-bond acceptors (Lipinski definition) is 4. The molecule has 0 aromatic heterocycles. The minimum absolute atomic E-state index is 0.0254. The van der Waals surface area contributed by atoms with Gasteiger partial charge in [-0.2, -0.15) is 0 Å². The van der Waals surface area contributed by atoms with Gasteiger partial charge in [-0.1, -0.05) is 12.1 Å². The van der Waals surface area contributed by atoms with Crippen LogP contribution in [0.5, 0.6) is 0 Å². The number of nitrogens with zero attached hydrogens (tertiary/aromatic N) is 2. The van der Waals surface area contributed by atoms with Gasteiger partial charge in [-0.25, -0.2) is 0 Å². The molecule has 0 fully saturated rings. The molecule has 1 aliphatic heterocycles. The Morgan fingerprint density at radius 1 is 1.12 bits per heavy atom. The molecule has 1 aromatic rings. The molecule has 1 heterocycles. The maximum atomic E-state index is 12.4. The van der Waals surface area contributed by atoms with Gasteiger partial charge in [0.25, 0.3) is 11.8 Å². The van der Waals surface area contributed by atoms with Gasteiger partial charge in [0.2, 0.25) is 11.8 Å². The summed E-state index contributed by atoms with van der Waals surface area (Å²) in [5, 5.41) is 2.71. The summed E-state index contributed by atoms with van der Waals surface area (Å²) in [4.78, 5) is 51.0. The molecule has 1 aliphatic rings. The maximum absolute atomic E-state index is 12.4. The molecule has 0 saturated heterocycles. The van der Waals surface area contributed by atoms with E-state index in [1.165, 1.54) is 4.90 Å². The van der Waals surface area contributed by atoms with Crippen LogP contribution < -0.4 is 5.32 Å². The van der Waals surface area contributed by atoms with Crippen molar-refractivity contribution in [3.63, 3.8) is 0 Å². The predicted molar refractivity (Wildman–Crippen MR) is 87.3 cm³/mol. The third kappa shape index (κ3) is 3.61. The lowest BCUT2D eigenvalue weighted by atomic mass is 10.1. The normalized spacial score (nSPS) is 13.2. The molecule has 2 rings (SSSR count). The first-order valence-electron chi connectivity index (χ1n) is 7.87. The van der Waals surface area contributed by atoms with Crippen molar-refractivity contribution in [3.05, 3.63) is 35.4 Å². The van der Waals surface area contributed by atoms with Crippen molar-refractivity contribution < 1.29 is 19.2 Å². The second-order valence-corrected chi connectivity index (χ2v) is 5.87. The summed E-state index contributed by atoms with van der Waals surface area (Å²) in [6, 6.07) is 6.44. The Labute approximate surface area is 140 Å². The van der Waals surface area contributed by atoms with Gasteiger partial charge >= 0.3 is 0 Å². The van der Waals surface area contributed by atoms with E-state index in [0.29, 0.717) is 17.7 Å². The lowest BCUT2D eigenvalue weighted by molar-refractivity contribution is -0.136. The fourth-order valence-corrected chi connectivity index (χ4v) is 2.54. The van der Waals surface area contributed by atoms with Crippen molar-refractivity contribution in [1.29, 1.82) is 0 Å². The van der Waals surface area contributed by atoms with Crippen molar-refractivity contribution in [2.45, 2.75) is 26.8 Å². The van der Waals surface area contributed by atoms with Gasteiger partial charge in [-0.05, 0) is 32.9 Å². The number of amides is 4. The molecule has 0 radical (unpaired) electrons. The van der Waals surface area contributed by atoms with Gasteiger partial charge < -0.3 is 10.2 Å². The Morgan fingerprint density at radius 3 is 2.12 bits per heavy atom. The average Bonchev–Trinajstić information content (AvgIpc) is 2.77. The lowest BCUT2D eigenvalue weighted by Crippen LogP contribution is -2.47. The van der Waals surface area contributed by atoms with Gasteiger partial charge in [0.05, 0.1) is 17.7 Å². The first-order valence-corrected chi connectivity index (χ1v) is 7.87. The highest BCUT2D eigenvalue weighted by molar-refractivity contribution is 6.22. The number of benzene rings is 1. The highest BCUT2D eigenvalue weighted by atomic mass is 16.2. The Morgan fingerprint density at radius 2 is 1.67 bits per heavy atom. The van der Waals surface area contributed by atoms with Crippen LogP contribution in [-0.4, -0.2) is 59.1 Å². The number of carbonyl (C=O) groups is 4. The highest BCUT2D eigenvalue weighted by Crippen LogP contribution is 2.22. The standard InChI is InChI=1S/C17H21N3O4/c1-4-19(9-14(21)18-11(2)3)15(22)10-20-16(23)12-7-5-6-8-13(12)17(20)24/h5-8,11H,4,9-10H2,1-3H3,(H,18,21). The third-order valence-corrected chi connectivity index (χ3v) is 3.69. The molecule has 24 heavy (non-hydrogen) atoms. The summed E-state index contributed by atoms with van der Waals surface area (Å²) in [6.45, 7) is 5.24. The van der Waals surface area contributed by atoms with Crippen LogP contribution >= 0.6 is 0 Å². The summed E-state index contributed by atoms with van der Waals surface area (Å²) >= 11 is 0. The average molecular weight is 331 g/mol. The molecule has 0 bridgehead atoms. The summed E-state index contributed by atoms with van der Waals surface area (Å²) in [5.41, 5.74) is 0.604. The molecule has 7 nitrogen and oxygen atoms in total. The third-order valence-electron chi connectivity index (χ3n) is 3.69. The fourth-order valence-electron chi connectivity index (χ4n) is 2.54. The molecule has 0 unspecified atom stereocenters. The summed E-state index contributed by atoms with van der Waals surface area (Å²) in [5.74, 6) is -1.67. The maximum Gasteiger partial charge on any atom is 0.262 e. The van der Waals surface area contributed by atoms with Gasteiger partial charge in [-0.3, -0.25) is 24.1 Å². The van der Waals surface area contributed by atoms with Crippen molar-refractivity contribution in [2.24, 2.45) is 0 Å². The summed E-state index contributed by atoms with van der Waals surface area (Å²) in [6.07, 6.45) is 0. The van der Waals surface area contributed by atoms with E-state index >= 15 is 0 Å². The lowest BCUT2D eigenvalue weighted by Gasteiger charge is -2.23. The smallest absolute Gasteiger partial charge is 0.262 e. The minimum Gasteiger partial charge on any atom is -0.352 e. The molecule has 0 saturated carbocycles. The van der Waals surface area contributed by atoms with Crippen LogP contribution in [-0.2, 0) is 9.59 Å². The van der Waals surface area contributed by atoms with Gasteiger partial charge in [-0.15, -0.1) is 0 Å². The minimum atomic E-state index is -0.480. The van der Waals surface area contributed by atoms with Crippen molar-refractivity contribution in [1.82, 2.24) is 15.1 Å². The number of carbonyl (C=O) groups excluding carboxylic acids is 4. The zero-order valence-corrected chi connectivity index (χ0v) is 14.0. The number of nitrogens with one attached hydrogen (secondary N) is 1. The zero-order valence-electron chi connectivity index (χ0n) is 14.0. The van der Waals surface area contributed by atoms with E-state index in [9.17, 15) is 19.2 Å². The highest BCUT2D eigenvalue weighted by Gasteiger charge is 2.37. The largest absolute Gasteiger partial charge is 0.352 e. The second-order valence-electron chi connectivity index (χ2n) is 5.87. The van der Waals surface area contributed by atoms with Crippen LogP contribution in [0.2, 0.25) is 0 Å². The van der Waals surface area contributed by atoms with Gasteiger partial charge in [0.1, 0.15) is 6.54 Å². The molecule has 1 N–H and O–H groups in total. The van der Waals surface area contributed by atoms with Crippen LogP contribution in [0, 0.1) is 0 Å². The van der Waals surface area contributed by atoms with E-state index in [4.69, 9.17) is 0 Å². The number of likely N-dealkylation sites (N-methyl/N-ethyl adjacent to an activating group) is 1. The molecular formula is C17H21N3O4. The van der Waals surface area contributed by atoms with E-state index in [0.717, 1.165) is 4.90 Å². The van der Waals surface area contributed by atoms with Crippen molar-refractivity contribution in [2.75, 3.05) is 19.6 Å². The van der Waals surface area contributed by atoms with Crippen LogP contribution in [0.25, 0.3) is 0 Å². The molecule has 1 aromatic carbocycles. The predicted octanol–water partition coefficient (Wildman–Crippen LogP) is 0.656. The molecule has 7 heteroatoms. The Kier molecular flexibility index (Phi) is 5.33. The molecular weight excluding hydrogens is 310 g/mol. The molecule has 0 aliphatic carbocycles. The number of fused-ring (bicyclic) bond motifs is 1. The van der Waals surface area contributed by atoms with Crippen molar-refractivity contribution >= 4 is 23.6 Å². The van der Waals surface area contributed by atoms with E-state index in [1.807, 2.05) is 13.8 Å². The molecule has 4 amide bonds. The Bertz CT molecular complexity index is 649. The number of rotatable bonds is 6. The quantitative estimate of drug-likeness (QED) is 0.776. The zero-order chi connectivity index (χ0) is 17.9. The Balaban J connectivity index is 2.05. The van der Waals surface area contributed by atoms with Gasteiger partial charge in [0.15, 0.2) is 0 Å². The second kappa shape index (κ2) is 7.25. The van der Waals surface area contributed by atoms with Gasteiger partial charge in [0, 0.05) is 12.6 Å².